The normalized spacial score (nSPS) is 10.6. The summed E-state index contributed by atoms with van der Waals surface area (Å²) >= 11 is 0. The van der Waals surface area contributed by atoms with Crippen LogP contribution in [0.4, 0.5) is 0 Å². The van der Waals surface area contributed by atoms with Crippen molar-refractivity contribution in [2.45, 2.75) is 27.7 Å². The lowest BCUT2D eigenvalue weighted by atomic mass is 10.2. The maximum Gasteiger partial charge on any atom is 0.276 e. The summed E-state index contributed by atoms with van der Waals surface area (Å²) < 4.78 is 0. The smallest absolute Gasteiger partial charge is 0.273 e. The standard InChI is InChI=1S/C12H18N2O2/c1-8(2)7-16-14-12(15)11-6-5-9(3)13-10(11)4/h5-6,8H,7H2,1-4H3,(H,14,15). The number of carbonyl (C=O) groups is 1. The number of amides is 1. The summed E-state index contributed by atoms with van der Waals surface area (Å²) in [6, 6.07) is 3.57. The monoisotopic (exact) mass is 222 g/mol. The van der Waals surface area contributed by atoms with Crippen molar-refractivity contribution < 1.29 is 9.63 Å². The Labute approximate surface area is 96.0 Å². The highest BCUT2D eigenvalue weighted by Crippen LogP contribution is 2.06. The summed E-state index contributed by atoms with van der Waals surface area (Å²) in [5.41, 5.74) is 4.58. The van der Waals surface area contributed by atoms with Gasteiger partial charge in [-0.05, 0) is 31.9 Å². The molecule has 1 rings (SSSR count). The maximum absolute atomic E-state index is 11.7. The summed E-state index contributed by atoms with van der Waals surface area (Å²) in [7, 11) is 0. The highest BCUT2D eigenvalue weighted by atomic mass is 16.6. The Balaban J connectivity index is 2.59. The minimum Gasteiger partial charge on any atom is -0.273 e. The molecule has 16 heavy (non-hydrogen) atoms. The summed E-state index contributed by atoms with van der Waals surface area (Å²) in [6.45, 7) is 8.24. The average molecular weight is 222 g/mol. The zero-order valence-electron chi connectivity index (χ0n) is 10.2. The number of rotatable bonds is 4. The molecule has 0 spiro atoms. The third-order valence-electron chi connectivity index (χ3n) is 2.05. The number of nitrogens with zero attached hydrogens (tertiary/aromatic N) is 1. The Morgan fingerprint density at radius 1 is 1.44 bits per heavy atom. The first-order valence-electron chi connectivity index (χ1n) is 5.37. The molecule has 1 aromatic heterocycles. The van der Waals surface area contributed by atoms with E-state index < -0.39 is 0 Å². The van der Waals surface area contributed by atoms with Gasteiger partial charge < -0.3 is 0 Å². The van der Waals surface area contributed by atoms with Crippen molar-refractivity contribution in [3.63, 3.8) is 0 Å². The lowest BCUT2D eigenvalue weighted by Gasteiger charge is -2.09. The number of pyridine rings is 1. The first-order chi connectivity index (χ1) is 7.50. The molecule has 4 heteroatoms. The van der Waals surface area contributed by atoms with Crippen LogP contribution in [0.5, 0.6) is 0 Å². The van der Waals surface area contributed by atoms with Crippen molar-refractivity contribution in [1.82, 2.24) is 10.5 Å². The molecule has 1 heterocycles. The van der Waals surface area contributed by atoms with E-state index in [1.54, 1.807) is 6.07 Å². The molecule has 0 bridgehead atoms. The van der Waals surface area contributed by atoms with Crippen LogP contribution in [-0.2, 0) is 4.84 Å². The SMILES string of the molecule is Cc1ccc(C(=O)NOCC(C)C)c(C)n1. The second-order valence-corrected chi connectivity index (χ2v) is 4.22. The van der Waals surface area contributed by atoms with Crippen LogP contribution in [0.15, 0.2) is 12.1 Å². The lowest BCUT2D eigenvalue weighted by molar-refractivity contribution is 0.0208. The molecule has 1 N–H and O–H groups in total. The maximum atomic E-state index is 11.7. The molecule has 0 saturated carbocycles. The van der Waals surface area contributed by atoms with Crippen LogP contribution in [0.3, 0.4) is 0 Å². The van der Waals surface area contributed by atoms with E-state index in [2.05, 4.69) is 10.5 Å². The van der Waals surface area contributed by atoms with Crippen molar-refractivity contribution in [2.75, 3.05) is 6.61 Å². The topological polar surface area (TPSA) is 51.2 Å². The van der Waals surface area contributed by atoms with E-state index in [0.29, 0.717) is 23.8 Å². The fourth-order valence-corrected chi connectivity index (χ4v) is 1.26. The van der Waals surface area contributed by atoms with Crippen molar-refractivity contribution in [1.29, 1.82) is 0 Å². The Kier molecular flexibility index (Phi) is 4.43. The molecule has 0 saturated heterocycles. The first kappa shape index (κ1) is 12.6. The molecule has 0 fully saturated rings. The van der Waals surface area contributed by atoms with Gasteiger partial charge in [-0.1, -0.05) is 13.8 Å². The molecule has 0 atom stereocenters. The van der Waals surface area contributed by atoms with Crippen molar-refractivity contribution in [2.24, 2.45) is 5.92 Å². The third-order valence-corrected chi connectivity index (χ3v) is 2.05. The van der Waals surface area contributed by atoms with Crippen molar-refractivity contribution in [3.05, 3.63) is 29.1 Å². The predicted octanol–water partition coefficient (Wildman–Crippen LogP) is 2.02. The summed E-state index contributed by atoms with van der Waals surface area (Å²) in [6.07, 6.45) is 0. The van der Waals surface area contributed by atoms with E-state index in [0.717, 1.165) is 5.69 Å². The van der Waals surface area contributed by atoms with Gasteiger partial charge in [0.25, 0.3) is 5.91 Å². The Hall–Kier alpha value is -1.42. The number of hydroxylamine groups is 1. The quantitative estimate of drug-likeness (QED) is 0.793. The summed E-state index contributed by atoms with van der Waals surface area (Å²) in [5, 5.41) is 0. The van der Waals surface area contributed by atoms with Crippen LogP contribution in [0.1, 0.15) is 35.6 Å². The number of hydrogen-bond donors (Lipinski definition) is 1. The van der Waals surface area contributed by atoms with Gasteiger partial charge in [-0.2, -0.15) is 0 Å². The molecule has 0 radical (unpaired) electrons. The van der Waals surface area contributed by atoms with Gasteiger partial charge in [0.2, 0.25) is 0 Å². The van der Waals surface area contributed by atoms with Gasteiger partial charge in [0.05, 0.1) is 17.9 Å². The van der Waals surface area contributed by atoms with Crippen LogP contribution in [0.2, 0.25) is 0 Å². The van der Waals surface area contributed by atoms with Gasteiger partial charge in [-0.3, -0.25) is 14.6 Å². The summed E-state index contributed by atoms with van der Waals surface area (Å²) in [4.78, 5) is 21.0. The fraction of sp³-hybridized carbons (Fsp3) is 0.500. The minimum atomic E-state index is -0.245. The average Bonchev–Trinajstić information content (AvgIpc) is 2.16. The lowest BCUT2D eigenvalue weighted by Crippen LogP contribution is -2.26. The van der Waals surface area contributed by atoms with Crippen LogP contribution in [0, 0.1) is 19.8 Å². The number of aromatic nitrogens is 1. The van der Waals surface area contributed by atoms with Crippen LogP contribution < -0.4 is 5.48 Å². The van der Waals surface area contributed by atoms with Gasteiger partial charge in [0.1, 0.15) is 0 Å². The van der Waals surface area contributed by atoms with Gasteiger partial charge in [-0.25, -0.2) is 5.48 Å². The molecule has 1 amide bonds. The van der Waals surface area contributed by atoms with Crippen molar-refractivity contribution in [3.8, 4) is 0 Å². The molecule has 0 aliphatic rings. The molecule has 0 unspecified atom stereocenters. The number of hydrogen-bond acceptors (Lipinski definition) is 3. The number of aryl methyl sites for hydroxylation is 2. The van der Waals surface area contributed by atoms with Gasteiger partial charge in [0, 0.05) is 5.69 Å². The molecule has 1 aromatic rings. The van der Waals surface area contributed by atoms with Crippen LogP contribution in [-0.4, -0.2) is 17.5 Å². The van der Waals surface area contributed by atoms with Gasteiger partial charge in [0.15, 0.2) is 0 Å². The van der Waals surface area contributed by atoms with Gasteiger partial charge in [-0.15, -0.1) is 0 Å². The second-order valence-electron chi connectivity index (χ2n) is 4.22. The van der Waals surface area contributed by atoms with E-state index in [-0.39, 0.29) is 5.91 Å². The minimum absolute atomic E-state index is 0.245. The summed E-state index contributed by atoms with van der Waals surface area (Å²) in [5.74, 6) is 0.142. The van der Waals surface area contributed by atoms with E-state index in [4.69, 9.17) is 4.84 Å². The second kappa shape index (κ2) is 5.61. The Morgan fingerprint density at radius 2 is 2.12 bits per heavy atom. The van der Waals surface area contributed by atoms with Crippen LogP contribution >= 0.6 is 0 Å². The Morgan fingerprint density at radius 3 is 2.69 bits per heavy atom. The highest BCUT2D eigenvalue weighted by molar-refractivity contribution is 5.94. The molecule has 0 aliphatic carbocycles. The molecule has 88 valence electrons. The molecule has 0 aromatic carbocycles. The zero-order chi connectivity index (χ0) is 12.1. The van der Waals surface area contributed by atoms with E-state index in [1.807, 2.05) is 33.8 Å². The van der Waals surface area contributed by atoms with Gasteiger partial charge >= 0.3 is 0 Å². The highest BCUT2D eigenvalue weighted by Gasteiger charge is 2.09. The molecule has 0 aliphatic heterocycles. The molecular formula is C12H18N2O2. The van der Waals surface area contributed by atoms with E-state index in [1.165, 1.54) is 0 Å². The zero-order valence-corrected chi connectivity index (χ0v) is 10.2. The molecule has 4 nitrogen and oxygen atoms in total. The predicted molar refractivity (Wildman–Crippen MR) is 62.0 cm³/mol. The number of carbonyl (C=O) groups excluding carboxylic acids is 1. The Bertz CT molecular complexity index is 375. The fourth-order valence-electron chi connectivity index (χ4n) is 1.26. The van der Waals surface area contributed by atoms with Crippen LogP contribution in [0.25, 0.3) is 0 Å². The van der Waals surface area contributed by atoms with E-state index in [9.17, 15) is 4.79 Å². The third kappa shape index (κ3) is 3.62. The van der Waals surface area contributed by atoms with E-state index >= 15 is 0 Å². The molecular weight excluding hydrogens is 204 g/mol. The number of nitrogens with one attached hydrogen (secondary N) is 1. The first-order valence-corrected chi connectivity index (χ1v) is 5.37. The largest absolute Gasteiger partial charge is 0.276 e. The van der Waals surface area contributed by atoms with Crippen molar-refractivity contribution >= 4 is 5.91 Å².